The second-order valence-electron chi connectivity index (χ2n) is 6.78. The van der Waals surface area contributed by atoms with E-state index in [2.05, 4.69) is 15.3 Å². The molecule has 0 aliphatic carbocycles. The molecule has 33 heavy (non-hydrogen) atoms. The number of para-hydroxylation sites is 2. The van der Waals surface area contributed by atoms with Crippen LogP contribution in [0.15, 0.2) is 76.8 Å². The molecule has 6 nitrogen and oxygen atoms in total. The Kier molecular flexibility index (Phi) is 6.39. The fourth-order valence-corrected chi connectivity index (χ4v) is 4.02. The van der Waals surface area contributed by atoms with Gasteiger partial charge >= 0.3 is 6.18 Å². The summed E-state index contributed by atoms with van der Waals surface area (Å²) in [7, 11) is 0. The predicted octanol–water partition coefficient (Wildman–Crippen LogP) is 5.18. The van der Waals surface area contributed by atoms with Crippen molar-refractivity contribution < 1.29 is 18.0 Å². The van der Waals surface area contributed by atoms with Crippen LogP contribution >= 0.6 is 23.4 Å². The Morgan fingerprint density at radius 2 is 1.79 bits per heavy atom. The van der Waals surface area contributed by atoms with E-state index in [0.717, 1.165) is 11.8 Å². The number of hydrogen-bond acceptors (Lipinski definition) is 5. The lowest BCUT2D eigenvalue weighted by Gasteiger charge is -2.13. The number of fused-ring (bicyclic) bond motifs is 1. The van der Waals surface area contributed by atoms with Crippen molar-refractivity contribution in [2.75, 3.05) is 11.1 Å². The number of carbonyl (C=O) groups excluding carboxylic acids is 1. The SMILES string of the molecule is O=C(CSc1nc2ccccc2c(=O)n1-c1ccccc1)Nc1ncc(C(F)(F)F)cc1Cl. The number of alkyl halides is 3. The number of nitrogens with zero attached hydrogens (tertiary/aromatic N) is 3. The van der Waals surface area contributed by atoms with Crippen LogP contribution in [0.5, 0.6) is 0 Å². The Morgan fingerprint density at radius 3 is 2.48 bits per heavy atom. The largest absolute Gasteiger partial charge is 0.417 e. The molecule has 4 aromatic rings. The Hall–Kier alpha value is -3.37. The summed E-state index contributed by atoms with van der Waals surface area (Å²) in [5, 5.41) is 2.76. The van der Waals surface area contributed by atoms with E-state index in [4.69, 9.17) is 11.6 Å². The van der Waals surface area contributed by atoms with Gasteiger partial charge in [0.2, 0.25) is 5.91 Å². The van der Waals surface area contributed by atoms with Crippen LogP contribution in [0, 0.1) is 0 Å². The van der Waals surface area contributed by atoms with Gasteiger partial charge in [0, 0.05) is 6.20 Å². The van der Waals surface area contributed by atoms with Crippen LogP contribution in [0.3, 0.4) is 0 Å². The van der Waals surface area contributed by atoms with Gasteiger partial charge in [0.25, 0.3) is 5.56 Å². The molecule has 0 saturated carbocycles. The van der Waals surface area contributed by atoms with Crippen LogP contribution < -0.4 is 10.9 Å². The molecule has 4 rings (SSSR count). The molecule has 0 atom stereocenters. The summed E-state index contributed by atoms with van der Waals surface area (Å²) in [6.45, 7) is 0. The minimum Gasteiger partial charge on any atom is -0.309 e. The molecule has 0 aliphatic rings. The second kappa shape index (κ2) is 9.24. The van der Waals surface area contributed by atoms with E-state index in [1.165, 1.54) is 4.57 Å². The average Bonchev–Trinajstić information content (AvgIpc) is 2.79. The Bertz CT molecular complexity index is 1390. The highest BCUT2D eigenvalue weighted by Gasteiger charge is 2.31. The number of thioether (sulfide) groups is 1. The van der Waals surface area contributed by atoms with Gasteiger partial charge in [-0.05, 0) is 30.3 Å². The Balaban J connectivity index is 1.59. The number of carbonyl (C=O) groups is 1. The molecule has 2 aromatic carbocycles. The molecule has 2 heterocycles. The van der Waals surface area contributed by atoms with E-state index in [0.29, 0.717) is 28.9 Å². The van der Waals surface area contributed by atoms with Gasteiger partial charge in [-0.25, -0.2) is 9.97 Å². The Morgan fingerprint density at radius 1 is 1.09 bits per heavy atom. The van der Waals surface area contributed by atoms with Crippen LogP contribution in [0.2, 0.25) is 5.02 Å². The summed E-state index contributed by atoms with van der Waals surface area (Å²) in [6, 6.07) is 16.4. The Labute approximate surface area is 194 Å². The number of halogens is 4. The van der Waals surface area contributed by atoms with Crippen LogP contribution in [-0.2, 0) is 11.0 Å². The van der Waals surface area contributed by atoms with Crippen molar-refractivity contribution in [3.05, 3.63) is 87.8 Å². The number of pyridine rings is 1. The predicted molar refractivity (Wildman–Crippen MR) is 121 cm³/mol. The van der Waals surface area contributed by atoms with Gasteiger partial charge in [-0.15, -0.1) is 0 Å². The van der Waals surface area contributed by atoms with Crippen molar-refractivity contribution in [1.29, 1.82) is 0 Å². The van der Waals surface area contributed by atoms with Gasteiger partial charge in [-0.2, -0.15) is 13.2 Å². The third kappa shape index (κ3) is 5.01. The summed E-state index contributed by atoms with van der Waals surface area (Å²) in [4.78, 5) is 33.7. The zero-order chi connectivity index (χ0) is 23.6. The monoisotopic (exact) mass is 490 g/mol. The minimum atomic E-state index is -4.60. The molecule has 0 unspecified atom stereocenters. The molecule has 0 radical (unpaired) electrons. The van der Waals surface area contributed by atoms with Gasteiger partial charge in [0.05, 0.1) is 32.9 Å². The molecule has 0 saturated heterocycles. The quantitative estimate of drug-likeness (QED) is 0.308. The summed E-state index contributed by atoms with van der Waals surface area (Å²) in [6.07, 6.45) is -4.01. The van der Waals surface area contributed by atoms with Crippen LogP contribution in [-0.4, -0.2) is 26.2 Å². The lowest BCUT2D eigenvalue weighted by Crippen LogP contribution is -2.23. The van der Waals surface area contributed by atoms with E-state index in [9.17, 15) is 22.8 Å². The van der Waals surface area contributed by atoms with E-state index in [1.807, 2.05) is 6.07 Å². The first-order valence-corrected chi connectivity index (χ1v) is 10.8. The molecule has 1 amide bonds. The number of amides is 1. The average molecular weight is 491 g/mol. The third-order valence-corrected chi connectivity index (χ3v) is 5.74. The molecule has 2 aromatic heterocycles. The molecular weight excluding hydrogens is 477 g/mol. The van der Waals surface area contributed by atoms with Gasteiger partial charge in [-0.1, -0.05) is 53.7 Å². The van der Waals surface area contributed by atoms with Crippen molar-refractivity contribution in [3.8, 4) is 5.69 Å². The highest BCUT2D eigenvalue weighted by molar-refractivity contribution is 7.99. The molecule has 0 bridgehead atoms. The van der Waals surface area contributed by atoms with Crippen LogP contribution in [0.1, 0.15) is 5.56 Å². The number of rotatable bonds is 5. The summed E-state index contributed by atoms with van der Waals surface area (Å²) < 4.78 is 39.7. The van der Waals surface area contributed by atoms with Gasteiger partial charge in [-0.3, -0.25) is 14.2 Å². The van der Waals surface area contributed by atoms with Crippen molar-refractivity contribution in [3.63, 3.8) is 0 Å². The summed E-state index contributed by atoms with van der Waals surface area (Å²) in [5.74, 6) is -0.949. The molecule has 11 heteroatoms. The van der Waals surface area contributed by atoms with E-state index < -0.39 is 17.6 Å². The zero-order valence-electron chi connectivity index (χ0n) is 16.6. The molecule has 0 fully saturated rings. The normalized spacial score (nSPS) is 11.5. The van der Waals surface area contributed by atoms with Crippen LogP contribution in [0.25, 0.3) is 16.6 Å². The fraction of sp³-hybridized carbons (Fsp3) is 0.0909. The number of benzene rings is 2. The first-order chi connectivity index (χ1) is 15.7. The lowest BCUT2D eigenvalue weighted by atomic mass is 10.2. The first-order valence-electron chi connectivity index (χ1n) is 9.46. The number of nitrogens with one attached hydrogen (secondary N) is 1. The minimum absolute atomic E-state index is 0.184. The summed E-state index contributed by atoms with van der Waals surface area (Å²) in [5.41, 5.74) is -0.254. The topological polar surface area (TPSA) is 76.9 Å². The van der Waals surface area contributed by atoms with Gasteiger partial charge < -0.3 is 5.32 Å². The lowest BCUT2D eigenvalue weighted by molar-refractivity contribution is -0.137. The maximum atomic E-state index is 13.1. The highest BCUT2D eigenvalue weighted by Crippen LogP contribution is 2.32. The number of aromatic nitrogens is 3. The maximum Gasteiger partial charge on any atom is 0.417 e. The van der Waals surface area contributed by atoms with Crippen LogP contribution in [0.4, 0.5) is 19.0 Å². The molecule has 0 aliphatic heterocycles. The van der Waals surface area contributed by atoms with Gasteiger partial charge in [0.15, 0.2) is 11.0 Å². The van der Waals surface area contributed by atoms with Gasteiger partial charge in [0.1, 0.15) is 0 Å². The van der Waals surface area contributed by atoms with E-state index >= 15 is 0 Å². The number of anilines is 1. The second-order valence-corrected chi connectivity index (χ2v) is 8.13. The first kappa shape index (κ1) is 22.8. The molecule has 1 N–H and O–H groups in total. The fourth-order valence-electron chi connectivity index (χ4n) is 3.00. The smallest absolute Gasteiger partial charge is 0.309 e. The van der Waals surface area contributed by atoms with Crippen molar-refractivity contribution in [2.24, 2.45) is 0 Å². The van der Waals surface area contributed by atoms with Crippen molar-refractivity contribution >= 4 is 46.0 Å². The molecule has 0 spiro atoms. The molecular formula is C22H14ClF3N4O2S. The van der Waals surface area contributed by atoms with E-state index in [-0.39, 0.29) is 27.3 Å². The zero-order valence-corrected chi connectivity index (χ0v) is 18.2. The highest BCUT2D eigenvalue weighted by atomic mass is 35.5. The third-order valence-electron chi connectivity index (χ3n) is 4.52. The van der Waals surface area contributed by atoms with Crippen molar-refractivity contribution in [2.45, 2.75) is 11.3 Å². The molecule has 168 valence electrons. The summed E-state index contributed by atoms with van der Waals surface area (Å²) >= 11 is 6.85. The van der Waals surface area contributed by atoms with Crippen molar-refractivity contribution in [1.82, 2.24) is 14.5 Å². The number of hydrogen-bond donors (Lipinski definition) is 1. The van der Waals surface area contributed by atoms with E-state index in [1.54, 1.807) is 48.5 Å². The standard InChI is InChI=1S/C22H14ClF3N4O2S/c23-16-10-13(22(24,25)26)11-27-19(16)29-18(31)12-33-21-28-17-9-5-4-8-15(17)20(32)30(21)14-6-2-1-3-7-14/h1-11H,12H2,(H,27,29,31). The maximum absolute atomic E-state index is 13.1.